The molecule has 1 unspecified atom stereocenters. The topological polar surface area (TPSA) is 20.2 Å². The Morgan fingerprint density at radius 2 is 1.81 bits per heavy atom. The SMILES string of the molecule is CCC(CC)C(O)c1c(F)ccc(I)c1F. The quantitative estimate of drug-likeness (QED) is 0.648. The summed E-state index contributed by atoms with van der Waals surface area (Å²) in [4.78, 5) is 0. The lowest BCUT2D eigenvalue weighted by atomic mass is 9.91. The summed E-state index contributed by atoms with van der Waals surface area (Å²) in [5.41, 5.74) is -0.194. The number of aliphatic hydroxyl groups excluding tert-OH is 1. The Morgan fingerprint density at radius 3 is 2.31 bits per heavy atom. The highest BCUT2D eigenvalue weighted by Gasteiger charge is 2.25. The van der Waals surface area contributed by atoms with E-state index in [0.717, 1.165) is 0 Å². The van der Waals surface area contributed by atoms with Crippen LogP contribution in [0.1, 0.15) is 38.4 Å². The fourth-order valence-electron chi connectivity index (χ4n) is 1.78. The fourth-order valence-corrected chi connectivity index (χ4v) is 2.26. The highest BCUT2D eigenvalue weighted by molar-refractivity contribution is 14.1. The van der Waals surface area contributed by atoms with Gasteiger partial charge in [-0.3, -0.25) is 0 Å². The molecule has 0 fully saturated rings. The third-order valence-corrected chi connectivity index (χ3v) is 3.70. The molecule has 0 radical (unpaired) electrons. The molecule has 0 saturated carbocycles. The molecular weight excluding hydrogens is 325 g/mol. The van der Waals surface area contributed by atoms with Crippen molar-refractivity contribution in [3.05, 3.63) is 32.9 Å². The highest BCUT2D eigenvalue weighted by atomic mass is 127. The first-order valence-corrected chi connectivity index (χ1v) is 6.42. The summed E-state index contributed by atoms with van der Waals surface area (Å²) in [5, 5.41) is 9.98. The zero-order valence-corrected chi connectivity index (χ0v) is 11.5. The van der Waals surface area contributed by atoms with E-state index in [-0.39, 0.29) is 11.5 Å². The number of hydrogen-bond acceptors (Lipinski definition) is 1. The second-order valence-corrected chi connectivity index (χ2v) is 4.94. The van der Waals surface area contributed by atoms with Gasteiger partial charge in [-0.1, -0.05) is 26.7 Å². The van der Waals surface area contributed by atoms with Gasteiger partial charge in [0, 0.05) is 3.57 Å². The molecule has 1 aromatic rings. The maximum absolute atomic E-state index is 13.7. The van der Waals surface area contributed by atoms with Crippen LogP contribution in [0.15, 0.2) is 12.1 Å². The normalized spacial score (nSPS) is 13.2. The van der Waals surface area contributed by atoms with Crippen LogP contribution in [0.4, 0.5) is 8.78 Å². The zero-order chi connectivity index (χ0) is 12.3. The minimum absolute atomic E-state index is 0.109. The van der Waals surface area contributed by atoms with Crippen LogP contribution in [0, 0.1) is 21.1 Å². The standard InChI is InChI=1S/C12H15F2IO/c1-3-7(4-2)12(16)10-8(13)5-6-9(15)11(10)14/h5-7,12,16H,3-4H2,1-2H3. The van der Waals surface area contributed by atoms with Gasteiger partial charge in [0.2, 0.25) is 0 Å². The molecule has 1 atom stereocenters. The molecule has 0 heterocycles. The maximum Gasteiger partial charge on any atom is 0.145 e. The van der Waals surface area contributed by atoms with E-state index in [1.807, 2.05) is 13.8 Å². The predicted molar refractivity (Wildman–Crippen MR) is 68.1 cm³/mol. The summed E-state index contributed by atoms with van der Waals surface area (Å²) in [7, 11) is 0. The van der Waals surface area contributed by atoms with Crippen molar-refractivity contribution >= 4 is 22.6 Å². The Hall–Kier alpha value is -0.230. The van der Waals surface area contributed by atoms with E-state index in [1.54, 1.807) is 22.6 Å². The van der Waals surface area contributed by atoms with Crippen LogP contribution in [0.5, 0.6) is 0 Å². The van der Waals surface area contributed by atoms with Gasteiger partial charge in [0.15, 0.2) is 0 Å². The lowest BCUT2D eigenvalue weighted by molar-refractivity contribution is 0.0955. The summed E-state index contributed by atoms with van der Waals surface area (Å²) in [6.45, 7) is 3.81. The number of benzene rings is 1. The molecule has 1 aromatic carbocycles. The van der Waals surface area contributed by atoms with Crippen LogP contribution in [0.2, 0.25) is 0 Å². The third-order valence-electron chi connectivity index (χ3n) is 2.87. The van der Waals surface area contributed by atoms with Crippen molar-refractivity contribution < 1.29 is 13.9 Å². The van der Waals surface area contributed by atoms with Crippen molar-refractivity contribution in [2.75, 3.05) is 0 Å². The van der Waals surface area contributed by atoms with Crippen LogP contribution >= 0.6 is 22.6 Å². The minimum Gasteiger partial charge on any atom is -0.388 e. The Balaban J connectivity index is 3.16. The summed E-state index contributed by atoms with van der Waals surface area (Å²) in [5.74, 6) is -1.42. The van der Waals surface area contributed by atoms with Crippen LogP contribution in [0.25, 0.3) is 0 Å². The monoisotopic (exact) mass is 340 g/mol. The first kappa shape index (κ1) is 13.8. The van der Waals surface area contributed by atoms with Crippen molar-refractivity contribution in [2.45, 2.75) is 32.8 Å². The Labute approximate surface area is 108 Å². The van der Waals surface area contributed by atoms with E-state index < -0.39 is 17.7 Å². The molecule has 0 saturated heterocycles. The van der Waals surface area contributed by atoms with Crippen molar-refractivity contribution in [3.63, 3.8) is 0 Å². The molecule has 1 nitrogen and oxygen atoms in total. The van der Waals surface area contributed by atoms with E-state index in [9.17, 15) is 13.9 Å². The molecule has 90 valence electrons. The first-order valence-electron chi connectivity index (χ1n) is 5.34. The van der Waals surface area contributed by atoms with Gasteiger partial charge in [0.25, 0.3) is 0 Å². The molecule has 4 heteroatoms. The number of aliphatic hydroxyl groups is 1. The van der Waals surface area contributed by atoms with Gasteiger partial charge in [-0.25, -0.2) is 8.78 Å². The molecule has 0 spiro atoms. The Morgan fingerprint density at radius 1 is 1.25 bits per heavy atom. The molecule has 0 aromatic heterocycles. The lowest BCUT2D eigenvalue weighted by Crippen LogP contribution is -2.15. The molecule has 0 amide bonds. The van der Waals surface area contributed by atoms with Crippen molar-refractivity contribution in [2.24, 2.45) is 5.92 Å². The van der Waals surface area contributed by atoms with Crippen LogP contribution in [0.3, 0.4) is 0 Å². The predicted octanol–water partition coefficient (Wildman–Crippen LogP) is 4.04. The fraction of sp³-hybridized carbons (Fsp3) is 0.500. The van der Waals surface area contributed by atoms with E-state index >= 15 is 0 Å². The summed E-state index contributed by atoms with van der Waals surface area (Å²) >= 11 is 1.79. The number of rotatable bonds is 4. The summed E-state index contributed by atoms with van der Waals surface area (Å²) in [6.07, 6.45) is 0.328. The summed E-state index contributed by atoms with van der Waals surface area (Å²) in [6, 6.07) is 2.57. The lowest BCUT2D eigenvalue weighted by Gasteiger charge is -2.21. The second kappa shape index (κ2) is 5.91. The average molecular weight is 340 g/mol. The first-order chi connectivity index (χ1) is 7.52. The smallest absolute Gasteiger partial charge is 0.145 e. The minimum atomic E-state index is -1.07. The molecule has 0 aliphatic rings. The van der Waals surface area contributed by atoms with Crippen molar-refractivity contribution in [1.82, 2.24) is 0 Å². The number of hydrogen-bond donors (Lipinski definition) is 1. The average Bonchev–Trinajstić information content (AvgIpc) is 2.26. The summed E-state index contributed by atoms with van der Waals surface area (Å²) < 4.78 is 27.6. The van der Waals surface area contributed by atoms with Gasteiger partial charge in [-0.2, -0.15) is 0 Å². The maximum atomic E-state index is 13.7. The van der Waals surface area contributed by atoms with Gasteiger partial charge in [0.05, 0.1) is 11.7 Å². The highest BCUT2D eigenvalue weighted by Crippen LogP contribution is 2.32. The molecule has 0 aliphatic heterocycles. The largest absolute Gasteiger partial charge is 0.388 e. The molecule has 16 heavy (non-hydrogen) atoms. The van der Waals surface area contributed by atoms with Crippen LogP contribution in [-0.2, 0) is 0 Å². The van der Waals surface area contributed by atoms with Gasteiger partial charge in [0.1, 0.15) is 11.6 Å². The molecule has 0 bridgehead atoms. The molecular formula is C12H15F2IO. The molecule has 1 N–H and O–H groups in total. The van der Waals surface area contributed by atoms with E-state index in [1.165, 1.54) is 12.1 Å². The second-order valence-electron chi connectivity index (χ2n) is 3.78. The van der Waals surface area contributed by atoms with Gasteiger partial charge >= 0.3 is 0 Å². The zero-order valence-electron chi connectivity index (χ0n) is 9.30. The van der Waals surface area contributed by atoms with Crippen molar-refractivity contribution in [3.8, 4) is 0 Å². The van der Waals surface area contributed by atoms with E-state index in [2.05, 4.69) is 0 Å². The Kier molecular flexibility index (Phi) is 5.11. The van der Waals surface area contributed by atoms with Gasteiger partial charge in [-0.05, 0) is 40.6 Å². The van der Waals surface area contributed by atoms with E-state index in [0.29, 0.717) is 16.4 Å². The third kappa shape index (κ3) is 2.71. The van der Waals surface area contributed by atoms with Crippen LogP contribution < -0.4 is 0 Å². The van der Waals surface area contributed by atoms with Gasteiger partial charge < -0.3 is 5.11 Å². The number of halogens is 3. The molecule has 0 aliphatic carbocycles. The Bertz CT molecular complexity index is 364. The van der Waals surface area contributed by atoms with E-state index in [4.69, 9.17) is 0 Å². The van der Waals surface area contributed by atoms with Gasteiger partial charge in [-0.15, -0.1) is 0 Å². The van der Waals surface area contributed by atoms with Crippen molar-refractivity contribution in [1.29, 1.82) is 0 Å². The van der Waals surface area contributed by atoms with Crippen LogP contribution in [-0.4, -0.2) is 5.11 Å². The molecule has 1 rings (SSSR count).